The maximum atomic E-state index is 8.73. The standard InChI is InChI=1S/C11H8INS/c1-7-11(12)10-8(5-6-13)3-2-4-9(10)14-7/h2-4H,5H2,1H3. The minimum Gasteiger partial charge on any atom is -0.198 e. The molecule has 1 aromatic heterocycles. The van der Waals surface area contributed by atoms with Gasteiger partial charge in [0.2, 0.25) is 0 Å². The number of halogens is 1. The van der Waals surface area contributed by atoms with Gasteiger partial charge in [0.25, 0.3) is 0 Å². The predicted octanol–water partition coefficient (Wildman–Crippen LogP) is 3.88. The van der Waals surface area contributed by atoms with E-state index in [0.717, 1.165) is 5.56 Å². The molecule has 0 aliphatic carbocycles. The van der Waals surface area contributed by atoms with Crippen LogP contribution in [0.5, 0.6) is 0 Å². The van der Waals surface area contributed by atoms with Crippen molar-refractivity contribution in [2.24, 2.45) is 0 Å². The van der Waals surface area contributed by atoms with Crippen LogP contribution in [0.2, 0.25) is 0 Å². The fourth-order valence-electron chi connectivity index (χ4n) is 1.53. The Kier molecular flexibility index (Phi) is 2.75. The molecule has 0 bridgehead atoms. The molecule has 0 saturated heterocycles. The Balaban J connectivity index is 2.79. The Morgan fingerprint density at radius 1 is 1.50 bits per heavy atom. The second kappa shape index (κ2) is 3.87. The molecule has 0 fully saturated rings. The average Bonchev–Trinajstić information content (AvgIpc) is 2.45. The monoisotopic (exact) mass is 313 g/mol. The number of nitrogens with zero attached hydrogens (tertiary/aromatic N) is 1. The van der Waals surface area contributed by atoms with Crippen molar-refractivity contribution in [2.75, 3.05) is 0 Å². The predicted molar refractivity (Wildman–Crippen MR) is 68.6 cm³/mol. The maximum Gasteiger partial charge on any atom is 0.0669 e. The van der Waals surface area contributed by atoms with Gasteiger partial charge in [0.1, 0.15) is 0 Å². The average molecular weight is 313 g/mol. The van der Waals surface area contributed by atoms with Crippen LogP contribution in [0.4, 0.5) is 0 Å². The van der Waals surface area contributed by atoms with Crippen LogP contribution >= 0.6 is 33.9 Å². The van der Waals surface area contributed by atoms with Gasteiger partial charge in [-0.2, -0.15) is 5.26 Å². The van der Waals surface area contributed by atoms with E-state index >= 15 is 0 Å². The largest absolute Gasteiger partial charge is 0.198 e. The minimum atomic E-state index is 0.503. The van der Waals surface area contributed by atoms with Crippen LogP contribution < -0.4 is 0 Å². The number of hydrogen-bond donors (Lipinski definition) is 0. The van der Waals surface area contributed by atoms with E-state index in [1.807, 2.05) is 12.1 Å². The molecular formula is C11H8INS. The molecule has 0 aliphatic rings. The third-order valence-corrected chi connectivity index (χ3v) is 4.96. The van der Waals surface area contributed by atoms with E-state index in [0.29, 0.717) is 6.42 Å². The Morgan fingerprint density at radius 2 is 2.29 bits per heavy atom. The maximum absolute atomic E-state index is 8.73. The molecule has 0 spiro atoms. The van der Waals surface area contributed by atoms with E-state index in [4.69, 9.17) is 5.26 Å². The number of aryl methyl sites for hydroxylation is 1. The summed E-state index contributed by atoms with van der Waals surface area (Å²) in [6.07, 6.45) is 0.503. The molecule has 1 nitrogen and oxygen atoms in total. The van der Waals surface area contributed by atoms with Crippen LogP contribution in [0.15, 0.2) is 18.2 Å². The first-order valence-electron chi connectivity index (χ1n) is 4.27. The second-order valence-corrected chi connectivity index (χ2v) is 5.43. The smallest absolute Gasteiger partial charge is 0.0669 e. The lowest BCUT2D eigenvalue weighted by molar-refractivity contribution is 1.29. The van der Waals surface area contributed by atoms with Crippen molar-refractivity contribution in [1.82, 2.24) is 0 Å². The van der Waals surface area contributed by atoms with Gasteiger partial charge in [-0.3, -0.25) is 0 Å². The number of nitriles is 1. The summed E-state index contributed by atoms with van der Waals surface area (Å²) in [5, 5.41) is 10.0. The molecule has 0 radical (unpaired) electrons. The third kappa shape index (κ3) is 1.53. The van der Waals surface area contributed by atoms with E-state index in [2.05, 4.69) is 41.7 Å². The molecule has 2 aromatic rings. The van der Waals surface area contributed by atoms with Gasteiger partial charge >= 0.3 is 0 Å². The Morgan fingerprint density at radius 3 is 3.00 bits per heavy atom. The second-order valence-electron chi connectivity index (χ2n) is 3.10. The quantitative estimate of drug-likeness (QED) is 0.733. The van der Waals surface area contributed by atoms with Crippen molar-refractivity contribution in [2.45, 2.75) is 13.3 Å². The van der Waals surface area contributed by atoms with Crippen molar-refractivity contribution < 1.29 is 0 Å². The van der Waals surface area contributed by atoms with Gasteiger partial charge in [-0.25, -0.2) is 0 Å². The van der Waals surface area contributed by atoms with Gasteiger partial charge in [-0.05, 0) is 41.1 Å². The van der Waals surface area contributed by atoms with Crippen molar-refractivity contribution in [3.8, 4) is 6.07 Å². The zero-order chi connectivity index (χ0) is 10.1. The highest BCUT2D eigenvalue weighted by molar-refractivity contribution is 14.1. The Bertz CT molecular complexity index is 522. The number of hydrogen-bond acceptors (Lipinski definition) is 2. The number of rotatable bonds is 1. The van der Waals surface area contributed by atoms with Crippen LogP contribution in [-0.2, 0) is 6.42 Å². The summed E-state index contributed by atoms with van der Waals surface area (Å²) in [7, 11) is 0. The summed E-state index contributed by atoms with van der Waals surface area (Å²) in [6, 6.07) is 8.41. The van der Waals surface area contributed by atoms with Crippen LogP contribution in [0.3, 0.4) is 0 Å². The first-order valence-corrected chi connectivity index (χ1v) is 6.17. The topological polar surface area (TPSA) is 23.8 Å². The van der Waals surface area contributed by atoms with E-state index in [-0.39, 0.29) is 0 Å². The summed E-state index contributed by atoms with van der Waals surface area (Å²) in [4.78, 5) is 1.34. The van der Waals surface area contributed by atoms with Crippen molar-refractivity contribution in [3.05, 3.63) is 32.2 Å². The minimum absolute atomic E-state index is 0.503. The molecular weight excluding hydrogens is 305 g/mol. The zero-order valence-corrected chi connectivity index (χ0v) is 10.6. The SMILES string of the molecule is Cc1sc2cccc(CC#N)c2c1I. The molecule has 0 N–H and O–H groups in total. The first kappa shape index (κ1) is 9.94. The highest BCUT2D eigenvalue weighted by Gasteiger charge is 2.09. The summed E-state index contributed by atoms with van der Waals surface area (Å²) in [6.45, 7) is 2.13. The van der Waals surface area contributed by atoms with Gasteiger partial charge in [-0.15, -0.1) is 11.3 Å². The van der Waals surface area contributed by atoms with Gasteiger partial charge in [-0.1, -0.05) is 12.1 Å². The summed E-state index contributed by atoms with van der Waals surface area (Å²) in [5.74, 6) is 0. The molecule has 0 atom stereocenters. The highest BCUT2D eigenvalue weighted by atomic mass is 127. The fraction of sp³-hybridized carbons (Fsp3) is 0.182. The van der Waals surface area contributed by atoms with Crippen molar-refractivity contribution in [3.63, 3.8) is 0 Å². The summed E-state index contributed by atoms with van der Waals surface area (Å²) in [5.41, 5.74) is 1.15. The Labute approximate surface area is 101 Å². The van der Waals surface area contributed by atoms with Crippen LogP contribution in [0, 0.1) is 21.8 Å². The lowest BCUT2D eigenvalue weighted by Gasteiger charge is -1.98. The number of fused-ring (bicyclic) bond motifs is 1. The molecule has 0 unspecified atom stereocenters. The molecule has 1 heterocycles. The van der Waals surface area contributed by atoms with Crippen molar-refractivity contribution in [1.29, 1.82) is 5.26 Å². The molecule has 2 rings (SSSR count). The van der Waals surface area contributed by atoms with Crippen LogP contribution in [0.1, 0.15) is 10.4 Å². The summed E-state index contributed by atoms with van der Waals surface area (Å²) < 4.78 is 2.59. The van der Waals surface area contributed by atoms with Gasteiger partial charge in [0.15, 0.2) is 0 Å². The number of benzene rings is 1. The molecule has 1 aromatic carbocycles. The molecule has 0 aliphatic heterocycles. The van der Waals surface area contributed by atoms with Gasteiger partial charge in [0.05, 0.1) is 12.5 Å². The molecule has 3 heteroatoms. The molecule has 14 heavy (non-hydrogen) atoms. The lowest BCUT2D eigenvalue weighted by Crippen LogP contribution is -1.83. The van der Waals surface area contributed by atoms with Crippen LogP contribution in [0.25, 0.3) is 10.1 Å². The van der Waals surface area contributed by atoms with Gasteiger partial charge in [0, 0.05) is 18.5 Å². The van der Waals surface area contributed by atoms with E-state index in [1.165, 1.54) is 18.5 Å². The van der Waals surface area contributed by atoms with Gasteiger partial charge < -0.3 is 0 Å². The lowest BCUT2D eigenvalue weighted by atomic mass is 10.1. The number of thiophene rings is 1. The molecule has 70 valence electrons. The highest BCUT2D eigenvalue weighted by Crippen LogP contribution is 2.34. The first-order chi connectivity index (χ1) is 6.74. The summed E-state index contributed by atoms with van der Waals surface area (Å²) >= 11 is 4.17. The molecule has 0 amide bonds. The zero-order valence-electron chi connectivity index (χ0n) is 7.67. The van der Waals surface area contributed by atoms with E-state index in [1.54, 1.807) is 11.3 Å². The van der Waals surface area contributed by atoms with Crippen LogP contribution in [-0.4, -0.2) is 0 Å². The third-order valence-electron chi connectivity index (χ3n) is 2.17. The van der Waals surface area contributed by atoms with E-state index in [9.17, 15) is 0 Å². The van der Waals surface area contributed by atoms with E-state index < -0.39 is 0 Å². The van der Waals surface area contributed by atoms with Crippen molar-refractivity contribution >= 4 is 44.0 Å². The Hall–Kier alpha value is -0.600. The molecule has 0 saturated carbocycles. The fourth-order valence-corrected chi connectivity index (χ4v) is 3.68. The normalized spacial score (nSPS) is 10.4.